The van der Waals surface area contributed by atoms with Crippen LogP contribution in [0.15, 0.2) is 24.3 Å². The van der Waals surface area contributed by atoms with Crippen LogP contribution in [0.3, 0.4) is 0 Å². The van der Waals surface area contributed by atoms with Crippen molar-refractivity contribution in [1.82, 2.24) is 10.6 Å². The average molecular weight is 691 g/mol. The number of rotatable bonds is 25. The van der Waals surface area contributed by atoms with Gasteiger partial charge in [0.2, 0.25) is 0 Å². The zero-order valence-electron chi connectivity index (χ0n) is 30.5. The van der Waals surface area contributed by atoms with Crippen LogP contribution in [0.5, 0.6) is 0 Å². The van der Waals surface area contributed by atoms with Crippen molar-refractivity contribution in [2.75, 3.05) is 59.3 Å². The second-order valence-corrected chi connectivity index (χ2v) is 12.8. The molecular formula is C34H59FN2O11. The Morgan fingerprint density at radius 2 is 1.12 bits per heavy atom. The maximum absolute atomic E-state index is 16.2. The molecule has 48 heavy (non-hydrogen) atoms. The molecule has 2 amide bonds. The average Bonchev–Trinajstić information content (AvgIpc) is 3.01. The molecule has 0 aromatic rings. The van der Waals surface area contributed by atoms with Crippen LogP contribution in [0, 0.1) is 0 Å². The lowest BCUT2D eigenvalue weighted by molar-refractivity contribution is -0.184. The van der Waals surface area contributed by atoms with Crippen molar-refractivity contribution in [3.63, 3.8) is 0 Å². The molecule has 0 aromatic heterocycles. The first-order chi connectivity index (χ1) is 22.2. The summed E-state index contributed by atoms with van der Waals surface area (Å²) >= 11 is 0. The predicted molar refractivity (Wildman–Crippen MR) is 178 cm³/mol. The number of carbonyl (C=O) groups is 4. The van der Waals surface area contributed by atoms with Crippen LogP contribution in [-0.2, 0) is 42.7 Å². The normalized spacial score (nSPS) is 15.1. The number of alkyl carbamates (subject to hydrolysis) is 2. The van der Waals surface area contributed by atoms with Crippen molar-refractivity contribution in [3.05, 3.63) is 24.3 Å². The van der Waals surface area contributed by atoms with Crippen molar-refractivity contribution in [2.45, 2.75) is 110 Å². The predicted octanol–water partition coefficient (Wildman–Crippen LogP) is 5.35. The smallest absolute Gasteiger partial charge is 0.407 e. The maximum Gasteiger partial charge on any atom is 0.407 e. The summed E-state index contributed by atoms with van der Waals surface area (Å²) in [7, 11) is 0. The molecule has 278 valence electrons. The van der Waals surface area contributed by atoms with Crippen molar-refractivity contribution in [1.29, 1.82) is 0 Å². The molecule has 0 saturated heterocycles. The van der Waals surface area contributed by atoms with Crippen LogP contribution >= 0.6 is 0 Å². The maximum atomic E-state index is 16.2. The van der Waals surface area contributed by atoms with Gasteiger partial charge in [0.25, 0.3) is 0 Å². The first-order valence-electron chi connectivity index (χ1n) is 16.3. The minimum absolute atomic E-state index is 0.00185. The zero-order valence-corrected chi connectivity index (χ0v) is 30.5. The molecule has 3 atom stereocenters. The van der Waals surface area contributed by atoms with Gasteiger partial charge in [-0.05, 0) is 67.7 Å². The molecule has 0 bridgehead atoms. The molecule has 0 heterocycles. The molecule has 0 radical (unpaired) electrons. The summed E-state index contributed by atoms with van der Waals surface area (Å²) in [5.74, 6) is -1.07. The van der Waals surface area contributed by atoms with E-state index in [1.54, 1.807) is 6.92 Å². The van der Waals surface area contributed by atoms with E-state index in [4.69, 9.17) is 33.2 Å². The number of halogens is 1. The van der Waals surface area contributed by atoms with E-state index in [-0.39, 0.29) is 70.5 Å². The van der Waals surface area contributed by atoms with Gasteiger partial charge >= 0.3 is 24.1 Å². The standard InChI is InChI=1S/C34H59FN2O11/c1-12-32(9,15-18-44-29(40)36-16-20-42-27(38)25(3)4)48-24-33(10,35)34(11,13-2)47-19-14-31(7,8)46-23-22-45-30(41)37-17-21-43-28(39)26(5)6/h3,5,12-24H2,1-2,4,6-11H3,(H,36,40)(H,37,41). The Bertz CT molecular complexity index is 1070. The summed E-state index contributed by atoms with van der Waals surface area (Å²) in [6.07, 6.45) is 0.389. The van der Waals surface area contributed by atoms with Gasteiger partial charge in [-0.15, -0.1) is 0 Å². The molecule has 0 spiro atoms. The van der Waals surface area contributed by atoms with E-state index in [1.807, 2.05) is 34.6 Å². The number of esters is 2. The van der Waals surface area contributed by atoms with Crippen LogP contribution in [0.25, 0.3) is 0 Å². The molecule has 0 aliphatic rings. The fourth-order valence-corrected chi connectivity index (χ4v) is 3.78. The first-order valence-corrected chi connectivity index (χ1v) is 16.3. The van der Waals surface area contributed by atoms with Gasteiger partial charge in [0.05, 0.1) is 50.7 Å². The molecule has 13 nitrogen and oxygen atoms in total. The Hall–Kier alpha value is -3.23. The fourth-order valence-electron chi connectivity index (χ4n) is 3.78. The molecular weight excluding hydrogens is 631 g/mol. The summed E-state index contributed by atoms with van der Waals surface area (Å²) < 4.78 is 54.3. The number of nitrogens with one attached hydrogen (secondary N) is 2. The Labute approximate surface area is 285 Å². The summed E-state index contributed by atoms with van der Waals surface area (Å²) in [5, 5.41) is 4.97. The van der Waals surface area contributed by atoms with Gasteiger partial charge in [-0.2, -0.15) is 0 Å². The van der Waals surface area contributed by atoms with E-state index >= 15 is 4.39 Å². The van der Waals surface area contributed by atoms with Crippen LogP contribution in [0.4, 0.5) is 14.0 Å². The lowest BCUT2D eigenvalue weighted by Gasteiger charge is -2.42. The van der Waals surface area contributed by atoms with Gasteiger partial charge in [0, 0.05) is 17.6 Å². The number of alkyl halides is 1. The highest BCUT2D eigenvalue weighted by molar-refractivity contribution is 5.87. The summed E-state index contributed by atoms with van der Waals surface area (Å²) in [6, 6.07) is 0. The topological polar surface area (TPSA) is 157 Å². The van der Waals surface area contributed by atoms with Gasteiger partial charge in [-0.1, -0.05) is 27.0 Å². The first kappa shape index (κ1) is 44.8. The number of hydrogen-bond acceptors (Lipinski definition) is 11. The number of ether oxygens (including phenoxy) is 7. The molecule has 0 fully saturated rings. The molecule has 0 aliphatic carbocycles. The van der Waals surface area contributed by atoms with Crippen molar-refractivity contribution in [3.8, 4) is 0 Å². The Morgan fingerprint density at radius 1 is 0.625 bits per heavy atom. The second kappa shape index (κ2) is 21.7. The molecule has 0 rings (SSSR count). The lowest BCUT2D eigenvalue weighted by atomic mass is 9.85. The summed E-state index contributed by atoms with van der Waals surface area (Å²) in [5.41, 5.74) is -3.88. The third-order valence-electron chi connectivity index (χ3n) is 7.92. The van der Waals surface area contributed by atoms with Crippen LogP contribution in [0.1, 0.15) is 88.0 Å². The minimum atomic E-state index is -1.85. The highest BCUT2D eigenvalue weighted by Crippen LogP contribution is 2.36. The van der Waals surface area contributed by atoms with Gasteiger partial charge in [-0.3, -0.25) is 0 Å². The van der Waals surface area contributed by atoms with Crippen LogP contribution in [0.2, 0.25) is 0 Å². The third-order valence-corrected chi connectivity index (χ3v) is 7.92. The van der Waals surface area contributed by atoms with E-state index in [0.29, 0.717) is 25.7 Å². The van der Waals surface area contributed by atoms with Crippen molar-refractivity contribution >= 4 is 24.1 Å². The van der Waals surface area contributed by atoms with E-state index < -0.39 is 46.6 Å². The van der Waals surface area contributed by atoms with Crippen molar-refractivity contribution < 1.29 is 56.7 Å². The molecule has 0 saturated carbocycles. The van der Waals surface area contributed by atoms with Gasteiger partial charge in [0.15, 0.2) is 5.67 Å². The quantitative estimate of drug-likeness (QED) is 0.0551. The lowest BCUT2D eigenvalue weighted by Crippen LogP contribution is -2.53. The van der Waals surface area contributed by atoms with Crippen molar-refractivity contribution in [2.24, 2.45) is 0 Å². The summed E-state index contributed by atoms with van der Waals surface area (Å²) in [4.78, 5) is 46.5. The van der Waals surface area contributed by atoms with Crippen LogP contribution < -0.4 is 10.6 Å². The molecule has 0 aliphatic heterocycles. The second-order valence-electron chi connectivity index (χ2n) is 12.8. The number of hydrogen-bond donors (Lipinski definition) is 2. The number of amides is 2. The monoisotopic (exact) mass is 690 g/mol. The third kappa shape index (κ3) is 18.3. The van der Waals surface area contributed by atoms with Gasteiger partial charge < -0.3 is 43.8 Å². The highest BCUT2D eigenvalue weighted by Gasteiger charge is 2.47. The van der Waals surface area contributed by atoms with Crippen LogP contribution in [-0.4, -0.2) is 106 Å². The minimum Gasteiger partial charge on any atom is -0.460 e. The Kier molecular flexibility index (Phi) is 20.2. The molecule has 14 heteroatoms. The van der Waals surface area contributed by atoms with E-state index in [2.05, 4.69) is 23.8 Å². The fraction of sp³-hybridized carbons (Fsp3) is 0.765. The van der Waals surface area contributed by atoms with Gasteiger partial charge in [-0.25, -0.2) is 23.6 Å². The molecule has 3 unspecified atom stereocenters. The summed E-state index contributed by atoms with van der Waals surface area (Å²) in [6.45, 7) is 22.8. The molecule has 0 aromatic carbocycles. The van der Waals surface area contributed by atoms with E-state index in [9.17, 15) is 19.2 Å². The number of carbonyl (C=O) groups excluding carboxylic acids is 4. The zero-order chi connectivity index (χ0) is 37.0. The Morgan fingerprint density at radius 3 is 1.58 bits per heavy atom. The molecule has 2 N–H and O–H groups in total. The Balaban J connectivity index is 4.61. The highest BCUT2D eigenvalue weighted by atomic mass is 19.1. The largest absolute Gasteiger partial charge is 0.460 e. The van der Waals surface area contributed by atoms with E-state index in [1.165, 1.54) is 20.8 Å². The van der Waals surface area contributed by atoms with Gasteiger partial charge in [0.1, 0.15) is 25.4 Å². The SMILES string of the molecule is C=C(C)C(=O)OCCNC(=O)OCCOC(C)(C)CCOC(C)(CC)C(C)(F)COC(C)(CC)CCOC(=O)NCCOC(=O)C(=C)C. The van der Waals surface area contributed by atoms with E-state index in [0.717, 1.165) is 0 Å².